The molecule has 1 aliphatic rings. The van der Waals surface area contributed by atoms with E-state index in [0.29, 0.717) is 22.6 Å². The Morgan fingerprint density at radius 2 is 1.50 bits per heavy atom. The second-order valence-electron chi connectivity index (χ2n) is 6.88. The number of hydrogen-bond donors (Lipinski definition) is 0. The summed E-state index contributed by atoms with van der Waals surface area (Å²) in [5.41, 5.74) is 1.84. The van der Waals surface area contributed by atoms with Crippen LogP contribution in [0, 0.1) is 0 Å². The molecule has 0 aliphatic heterocycles. The number of benzene rings is 2. The van der Waals surface area contributed by atoms with E-state index < -0.39 is 0 Å². The standard InChI is InChI=1S/C23H11N3O4/c27-19-15-8-12-4-1-2-5-13(12)9-16(15)20(28)17(19)10-18-25-22-23(29-18)26-21(30-22)14-6-3-7-24-11-14/h1-11H. The summed E-state index contributed by atoms with van der Waals surface area (Å²) in [7, 11) is 0. The number of carbonyl (C=O) groups excluding carboxylic acids is 2. The van der Waals surface area contributed by atoms with Crippen LogP contribution < -0.4 is 0 Å². The molecule has 0 saturated carbocycles. The Bertz CT molecular complexity index is 1440. The highest BCUT2D eigenvalue weighted by atomic mass is 16.4. The lowest BCUT2D eigenvalue weighted by Gasteiger charge is -2.00. The van der Waals surface area contributed by atoms with Gasteiger partial charge in [0.2, 0.25) is 11.8 Å². The van der Waals surface area contributed by atoms with E-state index >= 15 is 0 Å². The van der Waals surface area contributed by atoms with Gasteiger partial charge < -0.3 is 8.83 Å². The minimum absolute atomic E-state index is 0.0108. The molecule has 7 nitrogen and oxygen atoms in total. The van der Waals surface area contributed by atoms with Crippen molar-refractivity contribution in [3.05, 3.63) is 83.5 Å². The molecule has 0 radical (unpaired) electrons. The highest BCUT2D eigenvalue weighted by Gasteiger charge is 2.34. The third-order valence-electron chi connectivity index (χ3n) is 5.03. The monoisotopic (exact) mass is 393 g/mol. The van der Waals surface area contributed by atoms with Crippen LogP contribution in [0.2, 0.25) is 0 Å². The van der Waals surface area contributed by atoms with Crippen LogP contribution in [0.25, 0.3) is 39.7 Å². The molecule has 6 rings (SSSR count). The average molecular weight is 393 g/mol. The maximum Gasteiger partial charge on any atom is 0.288 e. The van der Waals surface area contributed by atoms with Gasteiger partial charge >= 0.3 is 0 Å². The van der Waals surface area contributed by atoms with Crippen LogP contribution in [-0.4, -0.2) is 26.5 Å². The summed E-state index contributed by atoms with van der Waals surface area (Å²) in [6.45, 7) is 0. The molecule has 3 aromatic heterocycles. The third-order valence-corrected chi connectivity index (χ3v) is 5.03. The molecular weight excluding hydrogens is 382 g/mol. The van der Waals surface area contributed by atoms with Crippen LogP contribution in [0.4, 0.5) is 0 Å². The average Bonchev–Trinajstić information content (AvgIpc) is 3.41. The topological polar surface area (TPSA) is 99.1 Å². The third kappa shape index (κ3) is 2.42. The minimum Gasteiger partial charge on any atom is -0.415 e. The molecule has 0 bridgehead atoms. The van der Waals surface area contributed by atoms with Gasteiger partial charge in [0, 0.05) is 29.6 Å². The molecule has 3 heterocycles. The van der Waals surface area contributed by atoms with Crippen LogP contribution in [0.15, 0.2) is 75.3 Å². The van der Waals surface area contributed by atoms with Gasteiger partial charge in [0.1, 0.15) is 0 Å². The van der Waals surface area contributed by atoms with Gasteiger partial charge in [-0.05, 0) is 35.0 Å². The van der Waals surface area contributed by atoms with Crippen molar-refractivity contribution in [3.63, 3.8) is 0 Å². The summed E-state index contributed by atoms with van der Waals surface area (Å²) in [6.07, 6.45) is 4.61. The van der Waals surface area contributed by atoms with Crippen LogP contribution in [0.1, 0.15) is 26.6 Å². The van der Waals surface area contributed by atoms with Gasteiger partial charge in [0.05, 0.1) is 11.1 Å². The number of Topliss-reactive ketones (excluding diaryl/α,β-unsaturated/α-hetero) is 2. The van der Waals surface area contributed by atoms with Gasteiger partial charge in [-0.1, -0.05) is 24.3 Å². The first-order chi connectivity index (χ1) is 14.7. The molecule has 0 atom stereocenters. The smallest absolute Gasteiger partial charge is 0.288 e. The summed E-state index contributed by atoms with van der Waals surface area (Å²) in [6, 6.07) is 14.7. The Morgan fingerprint density at radius 1 is 0.800 bits per heavy atom. The zero-order valence-electron chi connectivity index (χ0n) is 15.3. The molecule has 5 aromatic rings. The molecule has 2 aromatic carbocycles. The first kappa shape index (κ1) is 16.6. The molecule has 0 saturated heterocycles. The van der Waals surface area contributed by atoms with Gasteiger partial charge in [-0.15, -0.1) is 0 Å². The molecule has 7 heteroatoms. The fourth-order valence-corrected chi connectivity index (χ4v) is 3.60. The second-order valence-corrected chi connectivity index (χ2v) is 6.88. The lowest BCUT2D eigenvalue weighted by atomic mass is 10.0. The fraction of sp³-hybridized carbons (Fsp3) is 0. The molecular formula is C23H11N3O4. The van der Waals surface area contributed by atoms with E-state index in [9.17, 15) is 9.59 Å². The van der Waals surface area contributed by atoms with Crippen LogP contribution >= 0.6 is 0 Å². The van der Waals surface area contributed by atoms with E-state index in [1.807, 2.05) is 24.3 Å². The number of hydrogen-bond acceptors (Lipinski definition) is 7. The van der Waals surface area contributed by atoms with Gasteiger partial charge in [0.25, 0.3) is 11.4 Å². The Labute approximate surface area is 168 Å². The van der Waals surface area contributed by atoms with Gasteiger partial charge in [-0.25, -0.2) is 0 Å². The lowest BCUT2D eigenvalue weighted by molar-refractivity contribution is 0.0990. The molecule has 30 heavy (non-hydrogen) atoms. The second kappa shape index (κ2) is 6.05. The minimum atomic E-state index is -0.348. The van der Waals surface area contributed by atoms with Crippen molar-refractivity contribution >= 4 is 39.8 Å². The quantitative estimate of drug-likeness (QED) is 0.322. The number of carbonyl (C=O) groups is 2. The number of nitrogens with zero attached hydrogens (tertiary/aromatic N) is 3. The van der Waals surface area contributed by atoms with Crippen LogP contribution in [0.5, 0.6) is 0 Å². The van der Waals surface area contributed by atoms with Crippen molar-refractivity contribution in [2.45, 2.75) is 0 Å². The summed E-state index contributed by atoms with van der Waals surface area (Å²) in [5.74, 6) is -0.280. The first-order valence-electron chi connectivity index (χ1n) is 9.19. The lowest BCUT2D eigenvalue weighted by Crippen LogP contribution is -2.00. The predicted molar refractivity (Wildman–Crippen MR) is 108 cm³/mol. The molecule has 0 amide bonds. The van der Waals surface area contributed by atoms with Gasteiger partial charge in [0.15, 0.2) is 11.6 Å². The summed E-state index contributed by atoms with van der Waals surface area (Å²) in [5, 5.41) is 1.80. The normalized spacial score (nSPS) is 13.4. The first-order valence-corrected chi connectivity index (χ1v) is 9.19. The molecule has 0 spiro atoms. The predicted octanol–water partition coefficient (Wildman–Crippen LogP) is 4.49. The molecule has 142 valence electrons. The van der Waals surface area contributed by atoms with E-state index in [-0.39, 0.29) is 34.5 Å². The van der Waals surface area contributed by atoms with E-state index in [1.165, 1.54) is 6.08 Å². The van der Waals surface area contributed by atoms with E-state index in [0.717, 1.165) is 10.8 Å². The van der Waals surface area contributed by atoms with Crippen molar-refractivity contribution in [2.24, 2.45) is 0 Å². The summed E-state index contributed by atoms with van der Waals surface area (Å²) < 4.78 is 11.2. The van der Waals surface area contributed by atoms with Crippen LogP contribution in [-0.2, 0) is 0 Å². The number of aromatic nitrogens is 3. The number of ketones is 2. The van der Waals surface area contributed by atoms with E-state index in [1.54, 1.807) is 36.7 Å². The maximum absolute atomic E-state index is 12.8. The fourth-order valence-electron chi connectivity index (χ4n) is 3.60. The maximum atomic E-state index is 12.8. The van der Waals surface area contributed by atoms with Crippen molar-refractivity contribution < 1.29 is 18.4 Å². The van der Waals surface area contributed by atoms with Crippen LogP contribution in [0.3, 0.4) is 0 Å². The number of allylic oxidation sites excluding steroid dienone is 1. The Kier molecular flexibility index (Phi) is 3.34. The van der Waals surface area contributed by atoms with Gasteiger partial charge in [-0.3, -0.25) is 14.6 Å². The number of pyridine rings is 1. The van der Waals surface area contributed by atoms with E-state index in [4.69, 9.17) is 8.83 Å². The van der Waals surface area contributed by atoms with Crippen molar-refractivity contribution in [1.29, 1.82) is 0 Å². The number of fused-ring (bicyclic) bond motifs is 3. The highest BCUT2D eigenvalue weighted by Crippen LogP contribution is 2.32. The Morgan fingerprint density at radius 3 is 2.13 bits per heavy atom. The Balaban J connectivity index is 1.39. The highest BCUT2D eigenvalue weighted by molar-refractivity contribution is 6.41. The summed E-state index contributed by atoms with van der Waals surface area (Å²) >= 11 is 0. The van der Waals surface area contributed by atoms with Gasteiger partial charge in [-0.2, -0.15) is 9.97 Å². The molecule has 0 fully saturated rings. The number of rotatable bonds is 2. The molecule has 0 N–H and O–H groups in total. The number of oxazole rings is 2. The van der Waals surface area contributed by atoms with Crippen molar-refractivity contribution in [3.8, 4) is 11.5 Å². The largest absolute Gasteiger partial charge is 0.415 e. The molecule has 1 aliphatic carbocycles. The van der Waals surface area contributed by atoms with E-state index in [2.05, 4.69) is 15.0 Å². The SMILES string of the molecule is O=C1C(=Cc2nc3oc(-c4cccnc4)nc3o2)C(=O)c2cc3ccccc3cc21. The van der Waals surface area contributed by atoms with Crippen molar-refractivity contribution in [2.75, 3.05) is 0 Å². The zero-order valence-corrected chi connectivity index (χ0v) is 15.3. The van der Waals surface area contributed by atoms with Crippen molar-refractivity contribution in [1.82, 2.24) is 15.0 Å². The Hall–Kier alpha value is -4.39. The molecule has 0 unspecified atom stereocenters. The summed E-state index contributed by atoms with van der Waals surface area (Å²) in [4.78, 5) is 38.2. The zero-order chi connectivity index (χ0) is 20.2.